The van der Waals surface area contributed by atoms with Gasteiger partial charge in [-0.25, -0.2) is 0 Å². The Morgan fingerprint density at radius 2 is 1.75 bits per heavy atom. The van der Waals surface area contributed by atoms with Gasteiger partial charge in [-0.1, -0.05) is 58.3 Å². The van der Waals surface area contributed by atoms with E-state index in [1.807, 2.05) is 0 Å². The Balaban J connectivity index is 1.92. The molecule has 0 aromatic carbocycles. The lowest BCUT2D eigenvalue weighted by atomic mass is 9.88. The van der Waals surface area contributed by atoms with Gasteiger partial charge in [0.05, 0.1) is 6.07 Å². The molecule has 20 heavy (non-hydrogen) atoms. The van der Waals surface area contributed by atoms with Crippen molar-refractivity contribution in [3.05, 3.63) is 0 Å². The van der Waals surface area contributed by atoms with Crippen molar-refractivity contribution in [3.8, 4) is 6.07 Å². The van der Waals surface area contributed by atoms with Crippen LogP contribution in [0.25, 0.3) is 0 Å². The second-order valence-electron chi connectivity index (χ2n) is 7.11. The number of hydrogen-bond donors (Lipinski definition) is 1. The van der Waals surface area contributed by atoms with Crippen LogP contribution in [-0.2, 0) is 0 Å². The fourth-order valence-electron chi connectivity index (χ4n) is 4.21. The minimum Gasteiger partial charge on any atom is -0.297 e. The fraction of sp³-hybridized carbons (Fsp3) is 0.944. The van der Waals surface area contributed by atoms with Crippen LogP contribution in [0.2, 0.25) is 0 Å². The van der Waals surface area contributed by atoms with Crippen LogP contribution in [0.3, 0.4) is 0 Å². The molecule has 0 aliphatic heterocycles. The van der Waals surface area contributed by atoms with Crippen molar-refractivity contribution < 1.29 is 0 Å². The molecule has 2 saturated carbocycles. The molecule has 0 bridgehead atoms. The van der Waals surface area contributed by atoms with E-state index < -0.39 is 0 Å². The Morgan fingerprint density at radius 1 is 1.00 bits per heavy atom. The van der Waals surface area contributed by atoms with E-state index in [-0.39, 0.29) is 5.54 Å². The number of nitrogens with one attached hydrogen (secondary N) is 1. The zero-order valence-corrected chi connectivity index (χ0v) is 13.3. The molecule has 2 rings (SSSR count). The van der Waals surface area contributed by atoms with Crippen molar-refractivity contribution in [1.29, 1.82) is 5.26 Å². The highest BCUT2D eigenvalue weighted by atomic mass is 15.0. The first kappa shape index (κ1) is 15.8. The fourth-order valence-corrected chi connectivity index (χ4v) is 4.21. The molecule has 2 nitrogen and oxygen atoms in total. The first-order chi connectivity index (χ1) is 9.78. The van der Waals surface area contributed by atoms with E-state index in [9.17, 15) is 5.26 Å². The summed E-state index contributed by atoms with van der Waals surface area (Å²) in [7, 11) is 0. The SMILES string of the molecule is CCCC1CCCC(C#N)(NC2CCCCCC2)CC1. The summed E-state index contributed by atoms with van der Waals surface area (Å²) in [5.74, 6) is 0.867. The van der Waals surface area contributed by atoms with Crippen molar-refractivity contribution in [3.63, 3.8) is 0 Å². The van der Waals surface area contributed by atoms with Crippen LogP contribution in [0, 0.1) is 17.2 Å². The van der Waals surface area contributed by atoms with Crippen molar-refractivity contribution in [2.45, 2.75) is 102 Å². The Hall–Kier alpha value is -0.550. The Kier molecular flexibility index (Phi) is 6.36. The largest absolute Gasteiger partial charge is 0.297 e. The molecule has 114 valence electrons. The number of rotatable bonds is 4. The highest BCUT2D eigenvalue weighted by Crippen LogP contribution is 2.33. The summed E-state index contributed by atoms with van der Waals surface area (Å²) in [5.41, 5.74) is -0.211. The summed E-state index contributed by atoms with van der Waals surface area (Å²) in [6.07, 6.45) is 16.6. The normalized spacial score (nSPS) is 33.1. The van der Waals surface area contributed by atoms with E-state index in [0.29, 0.717) is 6.04 Å². The van der Waals surface area contributed by atoms with Crippen LogP contribution in [-0.4, -0.2) is 11.6 Å². The smallest absolute Gasteiger partial charge is 0.106 e. The standard InChI is InChI=1S/C18H32N2/c1-2-8-16-9-7-13-18(15-19,14-12-16)20-17-10-5-3-4-6-11-17/h16-17,20H,2-14H2,1H3. The van der Waals surface area contributed by atoms with Gasteiger partial charge in [0.1, 0.15) is 5.54 Å². The first-order valence-electron chi connectivity index (χ1n) is 8.97. The Bertz CT molecular complexity index is 312. The van der Waals surface area contributed by atoms with Crippen LogP contribution in [0.4, 0.5) is 0 Å². The molecule has 2 unspecified atom stereocenters. The summed E-state index contributed by atoms with van der Waals surface area (Å²) in [4.78, 5) is 0. The van der Waals surface area contributed by atoms with Gasteiger partial charge in [-0.15, -0.1) is 0 Å². The lowest BCUT2D eigenvalue weighted by Crippen LogP contribution is -2.49. The van der Waals surface area contributed by atoms with Crippen LogP contribution in [0.5, 0.6) is 0 Å². The van der Waals surface area contributed by atoms with Gasteiger partial charge in [-0.2, -0.15) is 5.26 Å². The zero-order valence-electron chi connectivity index (χ0n) is 13.3. The summed E-state index contributed by atoms with van der Waals surface area (Å²) in [6.45, 7) is 2.28. The van der Waals surface area contributed by atoms with E-state index in [4.69, 9.17) is 0 Å². The molecule has 0 spiro atoms. The second kappa shape index (κ2) is 8.03. The van der Waals surface area contributed by atoms with Gasteiger partial charge in [0.2, 0.25) is 0 Å². The summed E-state index contributed by atoms with van der Waals surface area (Å²) < 4.78 is 0. The quantitative estimate of drug-likeness (QED) is 0.738. The second-order valence-corrected chi connectivity index (χ2v) is 7.11. The van der Waals surface area contributed by atoms with E-state index in [1.54, 1.807) is 0 Å². The summed E-state index contributed by atoms with van der Waals surface area (Å²) in [6, 6.07) is 3.27. The summed E-state index contributed by atoms with van der Waals surface area (Å²) in [5, 5.41) is 13.6. The molecule has 0 saturated heterocycles. The van der Waals surface area contributed by atoms with E-state index in [1.165, 1.54) is 70.6 Å². The predicted octanol–water partition coefficient (Wildman–Crippen LogP) is 4.94. The molecule has 0 aromatic rings. The molecule has 0 radical (unpaired) electrons. The van der Waals surface area contributed by atoms with Gasteiger partial charge in [-0.05, 0) is 38.0 Å². The third-order valence-corrected chi connectivity index (χ3v) is 5.44. The highest BCUT2D eigenvalue weighted by Gasteiger charge is 2.34. The number of nitriles is 1. The van der Waals surface area contributed by atoms with E-state index >= 15 is 0 Å². The maximum Gasteiger partial charge on any atom is 0.106 e. The molecule has 1 N–H and O–H groups in total. The molecule has 2 aliphatic carbocycles. The van der Waals surface area contributed by atoms with Gasteiger partial charge in [-0.3, -0.25) is 5.32 Å². The van der Waals surface area contributed by atoms with Crippen LogP contribution in [0.15, 0.2) is 0 Å². The molecule has 0 amide bonds. The molecule has 2 heteroatoms. The molecule has 2 aliphatic rings. The lowest BCUT2D eigenvalue weighted by molar-refractivity contribution is 0.296. The number of hydrogen-bond acceptors (Lipinski definition) is 2. The van der Waals surface area contributed by atoms with Crippen molar-refractivity contribution in [2.75, 3.05) is 0 Å². The zero-order chi connectivity index (χ0) is 14.3. The monoisotopic (exact) mass is 276 g/mol. The lowest BCUT2D eigenvalue weighted by Gasteiger charge is -2.31. The van der Waals surface area contributed by atoms with E-state index in [0.717, 1.165) is 18.8 Å². The Labute approximate surface area is 125 Å². The predicted molar refractivity (Wildman–Crippen MR) is 84.5 cm³/mol. The van der Waals surface area contributed by atoms with Gasteiger partial charge >= 0.3 is 0 Å². The minimum atomic E-state index is -0.211. The van der Waals surface area contributed by atoms with Gasteiger partial charge in [0.15, 0.2) is 0 Å². The average Bonchev–Trinajstić information content (AvgIpc) is 2.82. The molecular weight excluding hydrogens is 244 g/mol. The highest BCUT2D eigenvalue weighted by molar-refractivity contribution is 5.09. The van der Waals surface area contributed by atoms with Crippen molar-refractivity contribution in [2.24, 2.45) is 5.92 Å². The van der Waals surface area contributed by atoms with Gasteiger partial charge < -0.3 is 0 Å². The van der Waals surface area contributed by atoms with Crippen LogP contribution in [0.1, 0.15) is 90.4 Å². The average molecular weight is 276 g/mol. The Morgan fingerprint density at radius 3 is 2.40 bits per heavy atom. The van der Waals surface area contributed by atoms with Crippen LogP contribution >= 0.6 is 0 Å². The third kappa shape index (κ3) is 4.48. The maximum absolute atomic E-state index is 9.77. The minimum absolute atomic E-state index is 0.211. The topological polar surface area (TPSA) is 35.8 Å². The first-order valence-corrected chi connectivity index (χ1v) is 8.97. The molecule has 2 atom stereocenters. The van der Waals surface area contributed by atoms with Crippen LogP contribution < -0.4 is 5.32 Å². The van der Waals surface area contributed by atoms with Crippen molar-refractivity contribution >= 4 is 0 Å². The van der Waals surface area contributed by atoms with E-state index in [2.05, 4.69) is 18.3 Å². The van der Waals surface area contributed by atoms with Gasteiger partial charge in [0, 0.05) is 6.04 Å². The third-order valence-electron chi connectivity index (χ3n) is 5.44. The summed E-state index contributed by atoms with van der Waals surface area (Å²) >= 11 is 0. The van der Waals surface area contributed by atoms with Crippen molar-refractivity contribution in [1.82, 2.24) is 5.32 Å². The molecule has 0 aromatic heterocycles. The maximum atomic E-state index is 9.77. The molecule has 0 heterocycles. The number of nitrogens with zero attached hydrogens (tertiary/aromatic N) is 1. The molecular formula is C18H32N2. The van der Waals surface area contributed by atoms with Gasteiger partial charge in [0.25, 0.3) is 0 Å². The molecule has 2 fully saturated rings.